The molecule has 1 fully saturated rings. The highest BCUT2D eigenvalue weighted by atomic mass is 19.4. The normalized spacial score (nSPS) is 14.4. The van der Waals surface area contributed by atoms with Crippen molar-refractivity contribution >= 4 is 11.6 Å². The summed E-state index contributed by atoms with van der Waals surface area (Å²) in [4.78, 5) is 28.7. The van der Waals surface area contributed by atoms with E-state index in [1.54, 1.807) is 36.8 Å². The number of piperazine rings is 1. The summed E-state index contributed by atoms with van der Waals surface area (Å²) in [6, 6.07) is 12.6. The number of amides is 1. The van der Waals surface area contributed by atoms with Gasteiger partial charge >= 0.3 is 6.18 Å². The number of aromatic nitrogens is 3. The maximum atomic E-state index is 14.0. The summed E-state index contributed by atoms with van der Waals surface area (Å²) < 4.78 is 41.9. The molecule has 0 atom stereocenters. The molecule has 1 aliphatic rings. The molecule has 1 saturated heterocycles. The SMILES string of the molecule is Cc1ccc(C(=O)Nc2ccc(CN3CCN(C)CC3)c(C(F)(F)F)c2)cc1C#Cc1ccc(-c2ncc[nH]2)nc1. The first-order valence-electron chi connectivity index (χ1n) is 13.2. The zero-order valence-corrected chi connectivity index (χ0v) is 22.7. The van der Waals surface area contributed by atoms with E-state index in [2.05, 4.69) is 37.0 Å². The molecule has 5 rings (SSSR count). The molecule has 0 unspecified atom stereocenters. The molecule has 1 aliphatic heterocycles. The van der Waals surface area contributed by atoms with Gasteiger partial charge in [0.05, 0.1) is 5.56 Å². The highest BCUT2D eigenvalue weighted by Crippen LogP contribution is 2.34. The number of aryl methyl sites for hydroxylation is 1. The number of nitrogens with one attached hydrogen (secondary N) is 2. The molecule has 3 heterocycles. The minimum Gasteiger partial charge on any atom is -0.343 e. The van der Waals surface area contributed by atoms with Crippen molar-refractivity contribution < 1.29 is 18.0 Å². The Morgan fingerprint density at radius 3 is 2.51 bits per heavy atom. The molecule has 1 amide bonds. The smallest absolute Gasteiger partial charge is 0.343 e. The van der Waals surface area contributed by atoms with Crippen molar-refractivity contribution in [3.8, 4) is 23.4 Å². The van der Waals surface area contributed by atoms with E-state index in [0.29, 0.717) is 41.3 Å². The number of nitrogens with zero attached hydrogens (tertiary/aromatic N) is 4. The van der Waals surface area contributed by atoms with Gasteiger partial charge < -0.3 is 15.2 Å². The molecule has 2 aromatic heterocycles. The number of carbonyl (C=O) groups is 1. The topological polar surface area (TPSA) is 77.2 Å². The van der Waals surface area contributed by atoms with E-state index in [1.807, 2.05) is 31.0 Å². The first-order valence-corrected chi connectivity index (χ1v) is 13.2. The second kappa shape index (κ2) is 12.0. The van der Waals surface area contributed by atoms with E-state index in [-0.39, 0.29) is 17.8 Å². The van der Waals surface area contributed by atoms with E-state index in [0.717, 1.165) is 24.7 Å². The molecular formula is C31H29F3N6O. The van der Waals surface area contributed by atoms with Crippen LogP contribution in [0.3, 0.4) is 0 Å². The molecule has 2 aromatic carbocycles. The van der Waals surface area contributed by atoms with Gasteiger partial charge in [-0.1, -0.05) is 24.0 Å². The van der Waals surface area contributed by atoms with E-state index < -0.39 is 17.6 Å². The van der Waals surface area contributed by atoms with E-state index >= 15 is 0 Å². The third-order valence-corrected chi connectivity index (χ3v) is 7.01. The number of H-pyrrole nitrogens is 1. The van der Waals surface area contributed by atoms with Crippen LogP contribution in [-0.2, 0) is 12.7 Å². The molecule has 7 nitrogen and oxygen atoms in total. The number of carbonyl (C=O) groups excluding carboxylic acids is 1. The summed E-state index contributed by atoms with van der Waals surface area (Å²) in [6.45, 7) is 5.12. The van der Waals surface area contributed by atoms with Gasteiger partial charge in [0.15, 0.2) is 5.82 Å². The third-order valence-electron chi connectivity index (χ3n) is 7.01. The molecule has 0 bridgehead atoms. The van der Waals surface area contributed by atoms with Crippen LogP contribution in [0.4, 0.5) is 18.9 Å². The maximum absolute atomic E-state index is 14.0. The highest BCUT2D eigenvalue weighted by molar-refractivity contribution is 6.04. The van der Waals surface area contributed by atoms with Gasteiger partial charge in [-0.25, -0.2) is 4.98 Å². The fraction of sp³-hybridized carbons (Fsp3) is 0.258. The number of anilines is 1. The number of likely N-dealkylation sites (N-methyl/N-ethyl adjacent to an activating group) is 1. The van der Waals surface area contributed by atoms with Gasteiger partial charge in [0.25, 0.3) is 5.91 Å². The fourth-order valence-corrected chi connectivity index (χ4v) is 4.56. The number of rotatable bonds is 5. The van der Waals surface area contributed by atoms with Crippen LogP contribution in [0.5, 0.6) is 0 Å². The van der Waals surface area contributed by atoms with Crippen LogP contribution >= 0.6 is 0 Å². The van der Waals surface area contributed by atoms with Gasteiger partial charge in [-0.05, 0) is 61.5 Å². The van der Waals surface area contributed by atoms with Gasteiger partial charge in [-0.15, -0.1) is 0 Å². The van der Waals surface area contributed by atoms with Crippen LogP contribution in [0.2, 0.25) is 0 Å². The van der Waals surface area contributed by atoms with Gasteiger partial charge in [0.2, 0.25) is 0 Å². The summed E-state index contributed by atoms with van der Waals surface area (Å²) in [5.74, 6) is 6.26. The van der Waals surface area contributed by atoms with Crippen molar-refractivity contribution in [1.82, 2.24) is 24.8 Å². The van der Waals surface area contributed by atoms with Gasteiger partial charge in [-0.2, -0.15) is 13.2 Å². The number of hydrogen-bond donors (Lipinski definition) is 2. The Hall–Kier alpha value is -4.46. The van der Waals surface area contributed by atoms with Crippen molar-refractivity contribution in [1.29, 1.82) is 0 Å². The molecule has 2 N–H and O–H groups in total. The first kappa shape index (κ1) is 28.1. The lowest BCUT2D eigenvalue weighted by Gasteiger charge is -2.33. The number of benzene rings is 2. The standard InChI is InChI=1S/C31H29F3N6O/c1-21-3-6-24(17-23(21)7-4-22-5-10-28(37-19-22)29-35-11-12-36-29)30(41)38-26-9-8-25(27(18-26)31(32,33)34)20-40-15-13-39(2)14-16-40/h3,5-6,8-12,17-19H,13-16,20H2,1-2H3,(H,35,36)(H,38,41). The van der Waals surface area contributed by atoms with E-state index in [9.17, 15) is 18.0 Å². The Morgan fingerprint density at radius 1 is 1.02 bits per heavy atom. The summed E-state index contributed by atoms with van der Waals surface area (Å²) in [7, 11) is 2.00. The minimum atomic E-state index is -4.54. The number of hydrogen-bond acceptors (Lipinski definition) is 5. The van der Waals surface area contributed by atoms with Crippen molar-refractivity contribution in [2.45, 2.75) is 19.6 Å². The molecule has 10 heteroatoms. The molecule has 41 heavy (non-hydrogen) atoms. The van der Waals surface area contributed by atoms with E-state index in [4.69, 9.17) is 0 Å². The summed E-state index contributed by atoms with van der Waals surface area (Å²) in [6.07, 6.45) is 0.468. The molecule has 0 saturated carbocycles. The monoisotopic (exact) mass is 558 g/mol. The van der Waals surface area contributed by atoms with Crippen LogP contribution in [0, 0.1) is 18.8 Å². The van der Waals surface area contributed by atoms with Crippen LogP contribution < -0.4 is 5.32 Å². The summed E-state index contributed by atoms with van der Waals surface area (Å²) in [5.41, 5.74) is 2.70. The maximum Gasteiger partial charge on any atom is 0.416 e. The average Bonchev–Trinajstić information content (AvgIpc) is 3.49. The van der Waals surface area contributed by atoms with Crippen LogP contribution in [-0.4, -0.2) is 63.9 Å². The predicted molar refractivity (Wildman–Crippen MR) is 151 cm³/mol. The minimum absolute atomic E-state index is 0.0837. The molecule has 4 aromatic rings. The zero-order chi connectivity index (χ0) is 29.0. The largest absolute Gasteiger partial charge is 0.416 e. The second-order valence-corrected chi connectivity index (χ2v) is 10.1. The lowest BCUT2D eigenvalue weighted by Crippen LogP contribution is -2.44. The molecular weight excluding hydrogens is 529 g/mol. The number of halogens is 3. The lowest BCUT2D eigenvalue weighted by atomic mass is 10.0. The second-order valence-electron chi connectivity index (χ2n) is 10.1. The van der Waals surface area contributed by atoms with Gasteiger partial charge in [0.1, 0.15) is 5.69 Å². The average molecular weight is 559 g/mol. The Kier molecular flexibility index (Phi) is 8.19. The third kappa shape index (κ3) is 7.01. The number of alkyl halides is 3. The van der Waals surface area contributed by atoms with Crippen LogP contribution in [0.15, 0.2) is 67.1 Å². The highest BCUT2D eigenvalue weighted by Gasteiger charge is 2.34. The fourth-order valence-electron chi connectivity index (χ4n) is 4.56. The first-order chi connectivity index (χ1) is 19.7. The van der Waals surface area contributed by atoms with E-state index in [1.165, 1.54) is 12.1 Å². The van der Waals surface area contributed by atoms with Crippen molar-refractivity contribution in [2.75, 3.05) is 38.5 Å². The van der Waals surface area contributed by atoms with Crippen LogP contribution in [0.25, 0.3) is 11.5 Å². The zero-order valence-electron chi connectivity index (χ0n) is 22.7. The Morgan fingerprint density at radius 2 is 1.83 bits per heavy atom. The Labute approximate surface area is 236 Å². The lowest BCUT2D eigenvalue weighted by molar-refractivity contribution is -0.138. The summed E-state index contributed by atoms with van der Waals surface area (Å²) >= 11 is 0. The molecule has 210 valence electrons. The number of imidazole rings is 1. The Balaban J connectivity index is 1.31. The molecule has 0 radical (unpaired) electrons. The van der Waals surface area contributed by atoms with Crippen molar-refractivity contribution in [3.63, 3.8) is 0 Å². The van der Waals surface area contributed by atoms with Crippen molar-refractivity contribution in [3.05, 3.63) is 101 Å². The number of pyridine rings is 1. The van der Waals surface area contributed by atoms with Crippen LogP contribution in [0.1, 0.15) is 38.2 Å². The van der Waals surface area contributed by atoms with Crippen molar-refractivity contribution in [2.24, 2.45) is 0 Å². The summed E-state index contributed by atoms with van der Waals surface area (Å²) in [5, 5.41) is 2.62. The molecule has 0 aliphatic carbocycles. The molecule has 0 spiro atoms. The van der Waals surface area contributed by atoms with Gasteiger partial charge in [-0.3, -0.25) is 14.7 Å². The quantitative estimate of drug-likeness (QED) is 0.330. The Bertz CT molecular complexity index is 1580. The van der Waals surface area contributed by atoms with Gasteiger partial charge in [0, 0.05) is 73.7 Å². The predicted octanol–water partition coefficient (Wildman–Crippen LogP) is 5.20. The number of aromatic amines is 1.